The highest BCUT2D eigenvalue weighted by molar-refractivity contribution is 6.35. The lowest BCUT2D eigenvalue weighted by molar-refractivity contribution is -0.143. The van der Waals surface area contributed by atoms with Crippen LogP contribution in [-0.2, 0) is 22.6 Å². The molecule has 1 aliphatic carbocycles. The molecule has 206 valence electrons. The number of halogens is 4. The zero-order valence-electron chi connectivity index (χ0n) is 21.3. The van der Waals surface area contributed by atoms with Crippen LogP contribution in [0.4, 0.5) is 0 Å². The van der Waals surface area contributed by atoms with E-state index in [0.717, 1.165) is 31.2 Å². The molecule has 0 radical (unpaired) electrons. The average Bonchev–Trinajstić information content (AvgIpc) is 2.92. The Bertz CT molecular complexity index is 1280. The Labute approximate surface area is 249 Å². The predicted octanol–water partition coefficient (Wildman–Crippen LogP) is 7.77. The summed E-state index contributed by atoms with van der Waals surface area (Å²) < 4.78 is 5.78. The van der Waals surface area contributed by atoms with Crippen LogP contribution in [0, 0.1) is 0 Å². The van der Waals surface area contributed by atoms with Gasteiger partial charge in [0.15, 0.2) is 6.61 Å². The van der Waals surface area contributed by atoms with Crippen molar-refractivity contribution in [1.29, 1.82) is 0 Å². The molecule has 1 saturated carbocycles. The van der Waals surface area contributed by atoms with E-state index in [-0.39, 0.29) is 31.0 Å². The molecule has 1 unspecified atom stereocenters. The van der Waals surface area contributed by atoms with Crippen LogP contribution in [0.25, 0.3) is 0 Å². The van der Waals surface area contributed by atoms with Crippen molar-refractivity contribution in [2.75, 3.05) is 6.61 Å². The van der Waals surface area contributed by atoms with Gasteiger partial charge in [-0.15, -0.1) is 0 Å². The van der Waals surface area contributed by atoms with Crippen molar-refractivity contribution in [1.82, 2.24) is 10.2 Å². The van der Waals surface area contributed by atoms with Crippen molar-refractivity contribution in [3.8, 4) is 5.75 Å². The molecule has 4 rings (SSSR count). The quantitative estimate of drug-likeness (QED) is 0.256. The molecule has 0 saturated heterocycles. The molecule has 3 aromatic rings. The molecule has 0 heterocycles. The van der Waals surface area contributed by atoms with Crippen LogP contribution in [0.5, 0.6) is 5.75 Å². The summed E-state index contributed by atoms with van der Waals surface area (Å²) in [6.45, 7) is -0.226. The average molecular weight is 608 g/mol. The highest BCUT2D eigenvalue weighted by Crippen LogP contribution is 2.28. The number of carbonyl (C=O) groups excluding carboxylic acids is 2. The Morgan fingerprint density at radius 1 is 0.872 bits per heavy atom. The van der Waals surface area contributed by atoms with Crippen molar-refractivity contribution < 1.29 is 14.3 Å². The largest absolute Gasteiger partial charge is 0.482 e. The molecule has 0 aliphatic heterocycles. The summed E-state index contributed by atoms with van der Waals surface area (Å²) in [7, 11) is 0. The van der Waals surface area contributed by atoms with Crippen LogP contribution in [0.1, 0.15) is 43.2 Å². The van der Waals surface area contributed by atoms with Crippen LogP contribution < -0.4 is 10.1 Å². The Balaban J connectivity index is 1.64. The summed E-state index contributed by atoms with van der Waals surface area (Å²) in [6, 6.07) is 18.8. The van der Waals surface area contributed by atoms with Crippen LogP contribution in [-0.4, -0.2) is 35.4 Å². The molecule has 1 atom stereocenters. The Morgan fingerprint density at radius 3 is 2.21 bits per heavy atom. The van der Waals surface area contributed by atoms with Gasteiger partial charge in [-0.05, 0) is 54.3 Å². The molecule has 9 heteroatoms. The second kappa shape index (κ2) is 14.3. The number of carbonyl (C=O) groups is 2. The normalized spacial score (nSPS) is 14.5. The van der Waals surface area contributed by atoms with Gasteiger partial charge in [-0.25, -0.2) is 0 Å². The topological polar surface area (TPSA) is 58.6 Å². The summed E-state index contributed by atoms with van der Waals surface area (Å²) in [5.41, 5.74) is 1.60. The molecule has 1 fully saturated rings. The number of ether oxygens (including phenoxy) is 1. The van der Waals surface area contributed by atoms with Gasteiger partial charge in [0.05, 0.1) is 5.02 Å². The molecule has 1 aliphatic rings. The zero-order valence-corrected chi connectivity index (χ0v) is 24.4. The highest BCUT2D eigenvalue weighted by Gasteiger charge is 2.32. The van der Waals surface area contributed by atoms with E-state index in [1.54, 1.807) is 36.4 Å². The number of hydrogen-bond acceptors (Lipinski definition) is 3. The number of nitrogens with zero attached hydrogens (tertiary/aromatic N) is 1. The predicted molar refractivity (Wildman–Crippen MR) is 158 cm³/mol. The van der Waals surface area contributed by atoms with E-state index in [2.05, 4.69) is 5.32 Å². The smallest absolute Gasteiger partial charge is 0.261 e. The number of rotatable bonds is 10. The summed E-state index contributed by atoms with van der Waals surface area (Å²) in [4.78, 5) is 29.1. The van der Waals surface area contributed by atoms with Gasteiger partial charge in [-0.3, -0.25) is 9.59 Å². The Kier molecular flexibility index (Phi) is 10.8. The number of hydrogen-bond donors (Lipinski definition) is 1. The number of benzene rings is 3. The maximum atomic E-state index is 13.8. The van der Waals surface area contributed by atoms with Gasteiger partial charge >= 0.3 is 0 Å². The SMILES string of the molecule is O=C(NC1CCCCC1)C(Cc1ccccc1)N(Cc1ccc(Cl)cc1Cl)C(=O)COc1ccc(Cl)cc1Cl. The summed E-state index contributed by atoms with van der Waals surface area (Å²) in [5.74, 6) is -0.259. The van der Waals surface area contributed by atoms with Crippen molar-refractivity contribution in [2.24, 2.45) is 0 Å². The minimum atomic E-state index is -0.794. The first-order chi connectivity index (χ1) is 18.8. The second-order valence-electron chi connectivity index (χ2n) is 9.67. The maximum absolute atomic E-state index is 13.8. The van der Waals surface area contributed by atoms with E-state index in [1.165, 1.54) is 11.3 Å². The molecule has 39 heavy (non-hydrogen) atoms. The molecule has 1 N–H and O–H groups in total. The van der Waals surface area contributed by atoms with E-state index in [4.69, 9.17) is 51.1 Å². The minimum absolute atomic E-state index is 0.0877. The molecule has 0 aromatic heterocycles. The molecule has 0 bridgehead atoms. The number of amides is 2. The zero-order chi connectivity index (χ0) is 27.8. The first-order valence-electron chi connectivity index (χ1n) is 13.0. The summed E-state index contributed by atoms with van der Waals surface area (Å²) in [5, 5.41) is 4.85. The standard InChI is InChI=1S/C30H30Cl4N2O3/c31-22-12-11-21(25(33)16-22)18-36(29(37)19-39-28-14-13-23(32)17-26(28)34)27(15-20-7-3-1-4-8-20)30(38)35-24-9-5-2-6-10-24/h1,3-4,7-8,11-14,16-17,24,27H,2,5-6,9-10,15,18-19H2,(H,35,38). The van der Waals surface area contributed by atoms with E-state index < -0.39 is 6.04 Å². The van der Waals surface area contributed by atoms with E-state index in [1.807, 2.05) is 30.3 Å². The van der Waals surface area contributed by atoms with E-state index in [9.17, 15) is 9.59 Å². The lowest BCUT2D eigenvalue weighted by Crippen LogP contribution is -2.53. The van der Waals surface area contributed by atoms with Gasteiger partial charge in [0, 0.05) is 34.1 Å². The lowest BCUT2D eigenvalue weighted by atomic mass is 9.94. The maximum Gasteiger partial charge on any atom is 0.261 e. The number of nitrogens with one attached hydrogen (secondary N) is 1. The third-order valence-electron chi connectivity index (χ3n) is 6.82. The Hall–Kier alpha value is -2.44. The van der Waals surface area contributed by atoms with Crippen LogP contribution in [0.2, 0.25) is 20.1 Å². The summed E-state index contributed by atoms with van der Waals surface area (Å²) >= 11 is 24.9. The van der Waals surface area contributed by atoms with Crippen molar-refractivity contribution in [3.05, 3.63) is 97.9 Å². The van der Waals surface area contributed by atoms with Crippen LogP contribution in [0.15, 0.2) is 66.7 Å². The molecular weight excluding hydrogens is 578 g/mol. The van der Waals surface area contributed by atoms with E-state index in [0.29, 0.717) is 37.8 Å². The third-order valence-corrected chi connectivity index (χ3v) is 7.94. The Morgan fingerprint density at radius 2 is 1.54 bits per heavy atom. The minimum Gasteiger partial charge on any atom is -0.482 e. The fraction of sp³-hybridized carbons (Fsp3) is 0.333. The monoisotopic (exact) mass is 606 g/mol. The third kappa shape index (κ3) is 8.52. The van der Waals surface area contributed by atoms with E-state index >= 15 is 0 Å². The van der Waals surface area contributed by atoms with Gasteiger partial charge in [-0.1, -0.05) is 102 Å². The lowest BCUT2D eigenvalue weighted by Gasteiger charge is -2.33. The van der Waals surface area contributed by atoms with Crippen LogP contribution in [0.3, 0.4) is 0 Å². The molecular formula is C30H30Cl4N2O3. The van der Waals surface area contributed by atoms with Gasteiger partial charge in [0.1, 0.15) is 11.8 Å². The fourth-order valence-corrected chi connectivity index (χ4v) is 5.68. The summed E-state index contributed by atoms with van der Waals surface area (Å²) in [6.07, 6.45) is 5.51. The van der Waals surface area contributed by atoms with Crippen molar-refractivity contribution >= 4 is 58.2 Å². The van der Waals surface area contributed by atoms with Gasteiger partial charge in [0.25, 0.3) is 5.91 Å². The van der Waals surface area contributed by atoms with Gasteiger partial charge in [-0.2, -0.15) is 0 Å². The first kappa shape index (κ1) is 29.5. The van der Waals surface area contributed by atoms with Gasteiger partial charge in [0.2, 0.25) is 5.91 Å². The highest BCUT2D eigenvalue weighted by atomic mass is 35.5. The van der Waals surface area contributed by atoms with Gasteiger partial charge < -0.3 is 15.0 Å². The van der Waals surface area contributed by atoms with Crippen LogP contribution >= 0.6 is 46.4 Å². The molecule has 5 nitrogen and oxygen atoms in total. The van der Waals surface area contributed by atoms with Crippen molar-refractivity contribution in [2.45, 2.75) is 57.2 Å². The fourth-order valence-electron chi connectivity index (χ4n) is 4.75. The molecule has 3 aromatic carbocycles. The second-order valence-corrected chi connectivity index (χ2v) is 11.4. The molecule has 0 spiro atoms. The van der Waals surface area contributed by atoms with Crippen molar-refractivity contribution in [3.63, 3.8) is 0 Å². The first-order valence-corrected chi connectivity index (χ1v) is 14.5. The molecule has 2 amide bonds.